The second-order valence-electron chi connectivity index (χ2n) is 8.44. The zero-order valence-corrected chi connectivity index (χ0v) is 17.9. The molecule has 1 saturated carbocycles. The fourth-order valence-corrected chi connectivity index (χ4v) is 3.89. The fourth-order valence-electron chi connectivity index (χ4n) is 3.89. The first kappa shape index (κ1) is 20.5. The Bertz CT molecular complexity index is 1030. The highest BCUT2D eigenvalue weighted by molar-refractivity contribution is 5.89. The number of carbonyl (C=O) groups excluding carboxylic acids is 1. The topological polar surface area (TPSA) is 92.5 Å². The van der Waals surface area contributed by atoms with Crippen LogP contribution in [0.2, 0.25) is 0 Å². The average molecular weight is 434 g/mol. The van der Waals surface area contributed by atoms with Crippen LogP contribution in [0.3, 0.4) is 0 Å². The first-order valence-corrected chi connectivity index (χ1v) is 11.1. The van der Waals surface area contributed by atoms with E-state index in [4.69, 9.17) is 9.26 Å². The van der Waals surface area contributed by atoms with E-state index in [0.29, 0.717) is 29.1 Å². The molecule has 1 aliphatic heterocycles. The number of ether oxygens (including phenoxy) is 1. The van der Waals surface area contributed by atoms with E-state index < -0.39 is 0 Å². The molecule has 2 heterocycles. The highest BCUT2D eigenvalue weighted by Crippen LogP contribution is 2.38. The molecule has 166 valence electrons. The first-order valence-electron chi connectivity index (χ1n) is 11.1. The Balaban J connectivity index is 1.05. The van der Waals surface area contributed by atoms with E-state index in [1.54, 1.807) is 0 Å². The summed E-state index contributed by atoms with van der Waals surface area (Å²) in [5.74, 6) is 2.37. The van der Waals surface area contributed by atoms with Gasteiger partial charge in [-0.15, -0.1) is 0 Å². The number of aromatic nitrogens is 2. The summed E-state index contributed by atoms with van der Waals surface area (Å²) in [7, 11) is 0. The Morgan fingerprint density at radius 1 is 1.09 bits per heavy atom. The third-order valence-electron chi connectivity index (χ3n) is 5.75. The SMILES string of the molecule is O=C(Nc1ccc(OCc2noc(C3CC3)n2)cc1)NC1CCN(Cc2ccccc2)C1. The number of carbonyl (C=O) groups is 1. The molecule has 8 nitrogen and oxygen atoms in total. The van der Waals surface area contributed by atoms with Gasteiger partial charge in [0.1, 0.15) is 5.75 Å². The average Bonchev–Trinajstić information content (AvgIpc) is 3.39. The van der Waals surface area contributed by atoms with Crippen molar-refractivity contribution in [1.82, 2.24) is 20.4 Å². The molecule has 2 fully saturated rings. The number of hydrogen-bond donors (Lipinski definition) is 2. The zero-order chi connectivity index (χ0) is 21.8. The number of nitrogens with zero attached hydrogens (tertiary/aromatic N) is 3. The summed E-state index contributed by atoms with van der Waals surface area (Å²) < 4.78 is 10.9. The molecule has 1 atom stereocenters. The van der Waals surface area contributed by atoms with Gasteiger partial charge in [-0.1, -0.05) is 35.5 Å². The lowest BCUT2D eigenvalue weighted by molar-refractivity contribution is 0.247. The van der Waals surface area contributed by atoms with Crippen LogP contribution >= 0.6 is 0 Å². The van der Waals surface area contributed by atoms with Crippen molar-refractivity contribution in [1.29, 1.82) is 0 Å². The Morgan fingerprint density at radius 2 is 1.91 bits per heavy atom. The quantitative estimate of drug-likeness (QED) is 0.559. The Kier molecular flexibility index (Phi) is 6.02. The van der Waals surface area contributed by atoms with Gasteiger partial charge in [-0.3, -0.25) is 4.90 Å². The van der Waals surface area contributed by atoms with E-state index in [0.717, 1.165) is 38.9 Å². The summed E-state index contributed by atoms with van der Waals surface area (Å²) in [4.78, 5) is 19.1. The van der Waals surface area contributed by atoms with Crippen molar-refractivity contribution in [2.45, 2.75) is 44.4 Å². The van der Waals surface area contributed by atoms with E-state index >= 15 is 0 Å². The number of rotatable bonds is 8. The second kappa shape index (κ2) is 9.40. The van der Waals surface area contributed by atoms with Crippen LogP contribution in [0.25, 0.3) is 0 Å². The highest BCUT2D eigenvalue weighted by atomic mass is 16.5. The maximum atomic E-state index is 12.4. The van der Waals surface area contributed by atoms with E-state index in [9.17, 15) is 4.79 Å². The van der Waals surface area contributed by atoms with Crippen LogP contribution in [0.1, 0.15) is 42.5 Å². The zero-order valence-electron chi connectivity index (χ0n) is 17.9. The molecule has 2 aliphatic rings. The van der Waals surface area contributed by atoms with Crippen LogP contribution in [-0.4, -0.2) is 40.2 Å². The van der Waals surface area contributed by atoms with Crippen LogP contribution in [0, 0.1) is 0 Å². The van der Waals surface area contributed by atoms with Crippen molar-refractivity contribution >= 4 is 11.7 Å². The second-order valence-corrected chi connectivity index (χ2v) is 8.44. The molecule has 2 amide bonds. The van der Waals surface area contributed by atoms with Gasteiger partial charge in [0.05, 0.1) is 0 Å². The summed E-state index contributed by atoms with van der Waals surface area (Å²) in [6.07, 6.45) is 3.19. The molecule has 1 aliphatic carbocycles. The lowest BCUT2D eigenvalue weighted by Crippen LogP contribution is -2.39. The molecule has 2 aromatic carbocycles. The number of benzene rings is 2. The predicted molar refractivity (Wildman–Crippen MR) is 119 cm³/mol. The summed E-state index contributed by atoms with van der Waals surface area (Å²) in [6, 6.07) is 17.6. The standard InChI is InChI=1S/C24H27N5O3/c30-24(26-20-12-13-29(15-20)14-17-4-2-1-3-5-17)25-19-8-10-21(11-9-19)31-16-22-27-23(32-28-22)18-6-7-18/h1-5,8-11,18,20H,6-7,12-16H2,(H2,25,26,30). The van der Waals surface area contributed by atoms with Gasteiger partial charge < -0.3 is 19.9 Å². The Hall–Kier alpha value is -3.39. The van der Waals surface area contributed by atoms with Crippen LogP contribution < -0.4 is 15.4 Å². The molecule has 32 heavy (non-hydrogen) atoms. The molecule has 1 saturated heterocycles. The van der Waals surface area contributed by atoms with Crippen molar-refractivity contribution in [3.05, 3.63) is 71.9 Å². The molecule has 0 spiro atoms. The van der Waals surface area contributed by atoms with Crippen LogP contribution in [0.4, 0.5) is 10.5 Å². The summed E-state index contributed by atoms with van der Waals surface area (Å²) in [5, 5.41) is 9.91. The molecule has 2 N–H and O–H groups in total. The molecular formula is C24H27N5O3. The van der Waals surface area contributed by atoms with Crippen molar-refractivity contribution in [3.63, 3.8) is 0 Å². The maximum absolute atomic E-state index is 12.4. The van der Waals surface area contributed by atoms with Crippen LogP contribution in [0.15, 0.2) is 59.1 Å². The van der Waals surface area contributed by atoms with Gasteiger partial charge in [0, 0.05) is 37.3 Å². The highest BCUT2D eigenvalue weighted by Gasteiger charge is 2.29. The molecular weight excluding hydrogens is 406 g/mol. The van der Waals surface area contributed by atoms with Gasteiger partial charge in [0.2, 0.25) is 11.7 Å². The molecule has 1 unspecified atom stereocenters. The van der Waals surface area contributed by atoms with E-state index in [1.165, 1.54) is 5.56 Å². The van der Waals surface area contributed by atoms with E-state index in [1.807, 2.05) is 30.3 Å². The minimum Gasteiger partial charge on any atom is -0.485 e. The van der Waals surface area contributed by atoms with Crippen molar-refractivity contribution in [2.24, 2.45) is 0 Å². The van der Waals surface area contributed by atoms with Gasteiger partial charge in [0.15, 0.2) is 6.61 Å². The van der Waals surface area contributed by atoms with Gasteiger partial charge in [-0.05, 0) is 49.1 Å². The Morgan fingerprint density at radius 3 is 2.69 bits per heavy atom. The number of amides is 2. The molecule has 1 aromatic heterocycles. The molecule has 5 rings (SSSR count). The van der Waals surface area contributed by atoms with Gasteiger partial charge in [-0.2, -0.15) is 4.98 Å². The summed E-state index contributed by atoms with van der Waals surface area (Å²) >= 11 is 0. The van der Waals surface area contributed by atoms with Crippen molar-refractivity contribution < 1.29 is 14.1 Å². The Labute approximate surface area is 187 Å². The molecule has 0 bridgehead atoms. The summed E-state index contributed by atoms with van der Waals surface area (Å²) in [6.45, 7) is 3.00. The van der Waals surface area contributed by atoms with Gasteiger partial charge in [-0.25, -0.2) is 4.79 Å². The molecule has 3 aromatic rings. The van der Waals surface area contributed by atoms with E-state index in [2.05, 4.69) is 49.9 Å². The van der Waals surface area contributed by atoms with Gasteiger partial charge >= 0.3 is 6.03 Å². The molecule has 0 radical (unpaired) electrons. The van der Waals surface area contributed by atoms with Crippen molar-refractivity contribution in [2.75, 3.05) is 18.4 Å². The third-order valence-corrected chi connectivity index (χ3v) is 5.75. The van der Waals surface area contributed by atoms with Crippen LogP contribution in [0.5, 0.6) is 5.75 Å². The van der Waals surface area contributed by atoms with Crippen molar-refractivity contribution in [3.8, 4) is 5.75 Å². The molecule has 8 heteroatoms. The smallest absolute Gasteiger partial charge is 0.319 e. The number of urea groups is 1. The maximum Gasteiger partial charge on any atom is 0.319 e. The summed E-state index contributed by atoms with van der Waals surface area (Å²) in [5.41, 5.74) is 2.01. The fraction of sp³-hybridized carbons (Fsp3) is 0.375. The number of nitrogens with one attached hydrogen (secondary N) is 2. The largest absolute Gasteiger partial charge is 0.485 e. The number of hydrogen-bond acceptors (Lipinski definition) is 6. The monoisotopic (exact) mass is 433 g/mol. The minimum atomic E-state index is -0.190. The number of anilines is 1. The number of likely N-dealkylation sites (tertiary alicyclic amines) is 1. The van der Waals surface area contributed by atoms with E-state index in [-0.39, 0.29) is 18.7 Å². The minimum absolute atomic E-state index is 0.150. The van der Waals surface area contributed by atoms with Gasteiger partial charge in [0.25, 0.3) is 0 Å². The lowest BCUT2D eigenvalue weighted by Gasteiger charge is -2.17. The van der Waals surface area contributed by atoms with Crippen LogP contribution in [-0.2, 0) is 13.2 Å². The normalized spacial score (nSPS) is 18.4. The third kappa shape index (κ3) is 5.45. The predicted octanol–water partition coefficient (Wildman–Crippen LogP) is 3.92. The first-order chi connectivity index (χ1) is 15.7. The lowest BCUT2D eigenvalue weighted by atomic mass is 10.2.